The standard InChI is InChI=1S/C9H12N2O3S2/c1-6-4-8(11-15-6)9(12)10-7-2-3-16(13,14)5-7/h4,7H,2-3,5H2,1H3,(H,10,12). The number of hydrogen-bond donors (Lipinski definition) is 1. The highest BCUT2D eigenvalue weighted by atomic mass is 32.2. The predicted molar refractivity (Wildman–Crippen MR) is 61.4 cm³/mol. The molecule has 1 N–H and O–H groups in total. The van der Waals surface area contributed by atoms with Crippen molar-refractivity contribution in [1.29, 1.82) is 0 Å². The summed E-state index contributed by atoms with van der Waals surface area (Å²) in [5.74, 6) is -0.0814. The number of hydrogen-bond acceptors (Lipinski definition) is 5. The van der Waals surface area contributed by atoms with Gasteiger partial charge in [0.05, 0.1) is 11.5 Å². The number of amides is 1. The topological polar surface area (TPSA) is 76.1 Å². The van der Waals surface area contributed by atoms with Gasteiger partial charge in [0, 0.05) is 10.9 Å². The SMILES string of the molecule is Cc1cc(C(=O)NC2CCS(=O)(=O)C2)ns1. The molecule has 0 saturated carbocycles. The number of aromatic nitrogens is 1. The van der Waals surface area contributed by atoms with Crippen LogP contribution in [0.25, 0.3) is 0 Å². The maximum Gasteiger partial charge on any atom is 0.271 e. The Kier molecular flexibility index (Phi) is 2.98. The van der Waals surface area contributed by atoms with Crippen LogP contribution in [0.3, 0.4) is 0 Å². The zero-order chi connectivity index (χ0) is 11.8. The number of carbonyl (C=O) groups is 1. The highest BCUT2D eigenvalue weighted by Gasteiger charge is 2.29. The summed E-state index contributed by atoms with van der Waals surface area (Å²) in [5.41, 5.74) is 0.367. The normalized spacial score (nSPS) is 23.2. The van der Waals surface area contributed by atoms with Crippen molar-refractivity contribution in [3.8, 4) is 0 Å². The summed E-state index contributed by atoms with van der Waals surface area (Å²) in [5, 5.41) is 2.69. The van der Waals surface area contributed by atoms with Crippen LogP contribution >= 0.6 is 11.5 Å². The van der Waals surface area contributed by atoms with Gasteiger partial charge in [-0.3, -0.25) is 4.79 Å². The molecular weight excluding hydrogens is 248 g/mol. The Labute approximate surface area is 98.0 Å². The van der Waals surface area contributed by atoms with Gasteiger partial charge in [-0.05, 0) is 30.9 Å². The van der Waals surface area contributed by atoms with Gasteiger partial charge in [-0.2, -0.15) is 4.37 Å². The Morgan fingerprint density at radius 2 is 2.38 bits per heavy atom. The monoisotopic (exact) mass is 260 g/mol. The number of nitrogens with zero attached hydrogens (tertiary/aromatic N) is 1. The van der Waals surface area contributed by atoms with Crippen LogP contribution in [0, 0.1) is 6.92 Å². The third-order valence-electron chi connectivity index (χ3n) is 2.43. The Hall–Kier alpha value is -0.950. The number of aryl methyl sites for hydroxylation is 1. The summed E-state index contributed by atoms with van der Waals surface area (Å²) in [6, 6.07) is 1.43. The van der Waals surface area contributed by atoms with Gasteiger partial charge in [0.1, 0.15) is 5.69 Å². The van der Waals surface area contributed by atoms with Gasteiger partial charge in [0.15, 0.2) is 9.84 Å². The summed E-state index contributed by atoms with van der Waals surface area (Å²) in [4.78, 5) is 12.6. The number of rotatable bonds is 2. The molecule has 0 aromatic carbocycles. The van der Waals surface area contributed by atoms with E-state index in [1.54, 1.807) is 6.07 Å². The molecule has 0 spiro atoms. The highest BCUT2D eigenvalue weighted by Crippen LogP contribution is 2.13. The van der Waals surface area contributed by atoms with E-state index in [9.17, 15) is 13.2 Å². The lowest BCUT2D eigenvalue weighted by Crippen LogP contribution is -2.35. The summed E-state index contributed by atoms with van der Waals surface area (Å²) in [6.45, 7) is 1.87. The summed E-state index contributed by atoms with van der Waals surface area (Å²) in [7, 11) is -2.95. The molecule has 0 aliphatic carbocycles. The number of nitrogens with one attached hydrogen (secondary N) is 1. The van der Waals surface area contributed by atoms with Gasteiger partial charge in [-0.1, -0.05) is 0 Å². The molecule has 7 heteroatoms. The molecule has 2 rings (SSSR count). The average molecular weight is 260 g/mol. The molecule has 1 atom stereocenters. The first-order valence-corrected chi connectivity index (χ1v) is 7.50. The Bertz CT molecular complexity index is 507. The largest absolute Gasteiger partial charge is 0.347 e. The van der Waals surface area contributed by atoms with Crippen molar-refractivity contribution in [3.05, 3.63) is 16.6 Å². The number of carbonyl (C=O) groups excluding carboxylic acids is 1. The Morgan fingerprint density at radius 1 is 1.62 bits per heavy atom. The van der Waals surface area contributed by atoms with Crippen LogP contribution in [0.1, 0.15) is 21.8 Å². The van der Waals surface area contributed by atoms with Crippen molar-refractivity contribution in [2.45, 2.75) is 19.4 Å². The fourth-order valence-corrected chi connectivity index (χ4v) is 3.86. The fraction of sp³-hybridized carbons (Fsp3) is 0.556. The minimum absolute atomic E-state index is 0.0435. The van der Waals surface area contributed by atoms with E-state index in [4.69, 9.17) is 0 Å². The van der Waals surface area contributed by atoms with Crippen molar-refractivity contribution in [2.24, 2.45) is 0 Å². The van der Waals surface area contributed by atoms with Crippen molar-refractivity contribution >= 4 is 27.3 Å². The van der Waals surface area contributed by atoms with Crippen molar-refractivity contribution in [2.75, 3.05) is 11.5 Å². The van der Waals surface area contributed by atoms with Crippen LogP contribution in [0.5, 0.6) is 0 Å². The molecule has 1 amide bonds. The van der Waals surface area contributed by atoms with Crippen LogP contribution in [0.2, 0.25) is 0 Å². The van der Waals surface area contributed by atoms with Gasteiger partial charge < -0.3 is 5.32 Å². The molecule has 5 nitrogen and oxygen atoms in total. The van der Waals surface area contributed by atoms with Gasteiger partial charge >= 0.3 is 0 Å². The summed E-state index contributed by atoms with van der Waals surface area (Å²) < 4.78 is 26.4. The van der Waals surface area contributed by atoms with Crippen LogP contribution in [-0.2, 0) is 9.84 Å². The molecule has 1 saturated heterocycles. The van der Waals surface area contributed by atoms with E-state index >= 15 is 0 Å². The summed E-state index contributed by atoms with van der Waals surface area (Å²) >= 11 is 1.26. The van der Waals surface area contributed by atoms with E-state index in [0.29, 0.717) is 12.1 Å². The first-order valence-electron chi connectivity index (χ1n) is 4.91. The second-order valence-corrected chi connectivity index (χ2v) is 7.13. The molecular formula is C9H12N2O3S2. The van der Waals surface area contributed by atoms with E-state index in [0.717, 1.165) is 4.88 Å². The van der Waals surface area contributed by atoms with Gasteiger partial charge in [0.25, 0.3) is 5.91 Å². The molecule has 88 valence electrons. The third-order valence-corrected chi connectivity index (χ3v) is 4.89. The second-order valence-electron chi connectivity index (χ2n) is 3.90. The molecule has 1 aromatic rings. The van der Waals surface area contributed by atoms with Gasteiger partial charge in [0.2, 0.25) is 0 Å². The van der Waals surface area contributed by atoms with E-state index < -0.39 is 9.84 Å². The van der Waals surface area contributed by atoms with Gasteiger partial charge in [-0.15, -0.1) is 0 Å². The molecule has 0 radical (unpaired) electrons. The molecule has 1 aromatic heterocycles. The minimum Gasteiger partial charge on any atom is -0.347 e. The maximum atomic E-state index is 11.7. The predicted octanol–water partition coefficient (Wildman–Crippen LogP) is 0.368. The van der Waals surface area contributed by atoms with E-state index in [1.165, 1.54) is 11.5 Å². The first-order chi connectivity index (χ1) is 7.46. The first kappa shape index (κ1) is 11.5. The van der Waals surface area contributed by atoms with E-state index in [1.807, 2.05) is 6.92 Å². The molecule has 0 bridgehead atoms. The molecule has 16 heavy (non-hydrogen) atoms. The minimum atomic E-state index is -2.95. The quantitative estimate of drug-likeness (QED) is 0.833. The Balaban J connectivity index is 1.99. The van der Waals surface area contributed by atoms with Crippen molar-refractivity contribution < 1.29 is 13.2 Å². The van der Waals surface area contributed by atoms with Crippen molar-refractivity contribution in [3.63, 3.8) is 0 Å². The van der Waals surface area contributed by atoms with E-state index in [-0.39, 0.29) is 23.5 Å². The van der Waals surface area contributed by atoms with Crippen molar-refractivity contribution in [1.82, 2.24) is 9.69 Å². The smallest absolute Gasteiger partial charge is 0.271 e. The van der Waals surface area contributed by atoms with Crippen LogP contribution in [0.15, 0.2) is 6.07 Å². The second kappa shape index (κ2) is 4.14. The van der Waals surface area contributed by atoms with Crippen LogP contribution in [-0.4, -0.2) is 36.2 Å². The van der Waals surface area contributed by atoms with Crippen LogP contribution < -0.4 is 5.32 Å². The molecule has 1 aliphatic heterocycles. The van der Waals surface area contributed by atoms with E-state index in [2.05, 4.69) is 9.69 Å². The molecule has 1 fully saturated rings. The fourth-order valence-electron chi connectivity index (χ4n) is 1.64. The lowest BCUT2D eigenvalue weighted by molar-refractivity contribution is 0.0937. The highest BCUT2D eigenvalue weighted by molar-refractivity contribution is 7.91. The lowest BCUT2D eigenvalue weighted by Gasteiger charge is -2.08. The molecule has 1 unspecified atom stereocenters. The van der Waals surface area contributed by atoms with Gasteiger partial charge in [-0.25, -0.2) is 8.42 Å². The summed E-state index contributed by atoms with van der Waals surface area (Å²) in [6.07, 6.45) is 0.497. The zero-order valence-electron chi connectivity index (χ0n) is 8.76. The maximum absolute atomic E-state index is 11.7. The Morgan fingerprint density at radius 3 is 2.88 bits per heavy atom. The lowest BCUT2D eigenvalue weighted by atomic mass is 10.2. The third kappa shape index (κ3) is 2.59. The number of sulfone groups is 1. The zero-order valence-corrected chi connectivity index (χ0v) is 10.4. The average Bonchev–Trinajstić information content (AvgIpc) is 2.73. The van der Waals surface area contributed by atoms with Crippen LogP contribution in [0.4, 0.5) is 0 Å². The molecule has 1 aliphatic rings. The molecule has 2 heterocycles.